The number of amides is 1. The van der Waals surface area contributed by atoms with Gasteiger partial charge in [0.25, 0.3) is 5.91 Å². The van der Waals surface area contributed by atoms with Crippen LogP contribution in [0.1, 0.15) is 41.2 Å². The number of rotatable bonds is 4. The zero-order valence-corrected chi connectivity index (χ0v) is 15.3. The molecule has 2 aromatic carbocycles. The zero-order chi connectivity index (χ0) is 18.6. The standard InChI is InChI=1S/C21H22N4O2/c1-27-19-10-8-16(9-11-19)20-7-2-3-12-25(20)21(26)17-5-4-6-18(13-17)24-14-22-23-15-24/h4-6,8-11,13-15,20H,2-3,7,12H2,1H3. The molecule has 4 rings (SSSR count). The first-order valence-corrected chi connectivity index (χ1v) is 9.16. The first-order chi connectivity index (χ1) is 13.3. The number of hydrogen-bond donors (Lipinski definition) is 0. The largest absolute Gasteiger partial charge is 0.497 e. The molecule has 1 amide bonds. The molecule has 1 aliphatic heterocycles. The molecular formula is C21H22N4O2. The van der Waals surface area contributed by atoms with Gasteiger partial charge in [-0.2, -0.15) is 0 Å². The maximum absolute atomic E-state index is 13.3. The number of methoxy groups -OCH3 is 1. The lowest BCUT2D eigenvalue weighted by molar-refractivity contribution is 0.0611. The van der Waals surface area contributed by atoms with Crippen molar-refractivity contribution in [2.24, 2.45) is 0 Å². The van der Waals surface area contributed by atoms with E-state index in [0.29, 0.717) is 5.56 Å². The van der Waals surface area contributed by atoms with Crippen molar-refractivity contribution in [3.63, 3.8) is 0 Å². The molecule has 0 radical (unpaired) electrons. The first kappa shape index (κ1) is 17.3. The van der Waals surface area contributed by atoms with Crippen LogP contribution in [0.5, 0.6) is 5.75 Å². The third-order valence-electron chi connectivity index (χ3n) is 5.07. The van der Waals surface area contributed by atoms with Crippen LogP contribution in [-0.4, -0.2) is 39.2 Å². The summed E-state index contributed by atoms with van der Waals surface area (Å²) < 4.78 is 7.06. The van der Waals surface area contributed by atoms with Crippen LogP contribution >= 0.6 is 0 Å². The van der Waals surface area contributed by atoms with E-state index in [4.69, 9.17) is 4.74 Å². The molecule has 1 unspecified atom stereocenters. The molecule has 6 heteroatoms. The van der Waals surface area contributed by atoms with Crippen LogP contribution in [-0.2, 0) is 0 Å². The minimum Gasteiger partial charge on any atom is -0.497 e. The lowest BCUT2D eigenvalue weighted by Crippen LogP contribution is -2.38. The topological polar surface area (TPSA) is 60.2 Å². The van der Waals surface area contributed by atoms with Crippen LogP contribution in [0, 0.1) is 0 Å². The molecule has 1 fully saturated rings. The van der Waals surface area contributed by atoms with E-state index in [0.717, 1.165) is 42.8 Å². The number of hydrogen-bond acceptors (Lipinski definition) is 4. The summed E-state index contributed by atoms with van der Waals surface area (Å²) in [5, 5.41) is 7.67. The fraction of sp³-hybridized carbons (Fsp3) is 0.286. The van der Waals surface area contributed by atoms with Crippen LogP contribution in [0.2, 0.25) is 0 Å². The molecule has 1 atom stereocenters. The first-order valence-electron chi connectivity index (χ1n) is 9.16. The van der Waals surface area contributed by atoms with Gasteiger partial charge in [0.15, 0.2) is 0 Å². The number of piperidine rings is 1. The highest BCUT2D eigenvalue weighted by atomic mass is 16.5. The second kappa shape index (κ2) is 7.61. The molecule has 0 spiro atoms. The number of carbonyl (C=O) groups is 1. The van der Waals surface area contributed by atoms with Crippen molar-refractivity contribution < 1.29 is 9.53 Å². The van der Waals surface area contributed by atoms with Gasteiger partial charge in [-0.05, 0) is 55.2 Å². The van der Waals surface area contributed by atoms with Gasteiger partial charge in [0.05, 0.1) is 13.2 Å². The predicted molar refractivity (Wildman–Crippen MR) is 102 cm³/mol. The molecule has 1 aliphatic rings. The van der Waals surface area contributed by atoms with Gasteiger partial charge in [0.2, 0.25) is 0 Å². The summed E-state index contributed by atoms with van der Waals surface area (Å²) in [6.07, 6.45) is 6.39. The molecule has 0 aliphatic carbocycles. The molecule has 1 aromatic heterocycles. The molecular weight excluding hydrogens is 340 g/mol. The third-order valence-corrected chi connectivity index (χ3v) is 5.07. The number of ether oxygens (including phenoxy) is 1. The number of carbonyl (C=O) groups excluding carboxylic acids is 1. The van der Waals surface area contributed by atoms with Gasteiger partial charge in [-0.25, -0.2) is 0 Å². The number of nitrogens with zero attached hydrogens (tertiary/aromatic N) is 4. The minimum absolute atomic E-state index is 0.0606. The quantitative estimate of drug-likeness (QED) is 0.711. The van der Waals surface area contributed by atoms with Gasteiger partial charge in [-0.3, -0.25) is 9.36 Å². The predicted octanol–water partition coefficient (Wildman–Crippen LogP) is 3.64. The Morgan fingerprint density at radius 3 is 2.59 bits per heavy atom. The second-order valence-electron chi connectivity index (χ2n) is 6.70. The Hall–Kier alpha value is -3.15. The Bertz CT molecular complexity index is 906. The van der Waals surface area contributed by atoms with Crippen LogP contribution in [0.4, 0.5) is 0 Å². The van der Waals surface area contributed by atoms with E-state index in [2.05, 4.69) is 22.3 Å². The summed E-state index contributed by atoms with van der Waals surface area (Å²) in [4.78, 5) is 15.3. The summed E-state index contributed by atoms with van der Waals surface area (Å²) in [7, 11) is 1.66. The molecule has 3 aromatic rings. The Morgan fingerprint density at radius 2 is 1.85 bits per heavy atom. The number of likely N-dealkylation sites (tertiary alicyclic amines) is 1. The SMILES string of the molecule is COc1ccc(C2CCCCN2C(=O)c2cccc(-n3cnnc3)c2)cc1. The van der Waals surface area contributed by atoms with Gasteiger partial charge in [-0.1, -0.05) is 18.2 Å². The van der Waals surface area contributed by atoms with E-state index >= 15 is 0 Å². The molecule has 0 N–H and O–H groups in total. The van der Waals surface area contributed by atoms with Gasteiger partial charge >= 0.3 is 0 Å². The molecule has 2 heterocycles. The number of aromatic nitrogens is 3. The Morgan fingerprint density at radius 1 is 1.07 bits per heavy atom. The van der Waals surface area contributed by atoms with Crippen molar-refractivity contribution in [1.82, 2.24) is 19.7 Å². The summed E-state index contributed by atoms with van der Waals surface area (Å²) >= 11 is 0. The van der Waals surface area contributed by atoms with Gasteiger partial charge < -0.3 is 9.64 Å². The Kier molecular flexibility index (Phi) is 4.87. The maximum atomic E-state index is 13.3. The van der Waals surface area contributed by atoms with Crippen LogP contribution in [0.15, 0.2) is 61.2 Å². The van der Waals surface area contributed by atoms with Gasteiger partial charge in [-0.15, -0.1) is 10.2 Å². The molecule has 6 nitrogen and oxygen atoms in total. The fourth-order valence-corrected chi connectivity index (χ4v) is 3.65. The number of benzene rings is 2. The van der Waals surface area contributed by atoms with Crippen molar-refractivity contribution >= 4 is 5.91 Å². The van der Waals surface area contributed by atoms with Crippen molar-refractivity contribution in [3.05, 3.63) is 72.3 Å². The lowest BCUT2D eigenvalue weighted by Gasteiger charge is -2.36. The highest BCUT2D eigenvalue weighted by molar-refractivity contribution is 5.95. The summed E-state index contributed by atoms with van der Waals surface area (Å²) in [5.41, 5.74) is 2.71. The maximum Gasteiger partial charge on any atom is 0.254 e. The monoisotopic (exact) mass is 362 g/mol. The van der Waals surface area contributed by atoms with E-state index in [-0.39, 0.29) is 11.9 Å². The van der Waals surface area contributed by atoms with E-state index in [1.165, 1.54) is 0 Å². The van der Waals surface area contributed by atoms with Gasteiger partial charge in [0, 0.05) is 17.8 Å². The van der Waals surface area contributed by atoms with Crippen molar-refractivity contribution in [2.75, 3.05) is 13.7 Å². The van der Waals surface area contributed by atoms with Crippen molar-refractivity contribution in [2.45, 2.75) is 25.3 Å². The van der Waals surface area contributed by atoms with Crippen LogP contribution in [0.3, 0.4) is 0 Å². The Labute approximate surface area is 158 Å². The third kappa shape index (κ3) is 3.56. The van der Waals surface area contributed by atoms with E-state index in [9.17, 15) is 4.79 Å². The highest BCUT2D eigenvalue weighted by Crippen LogP contribution is 2.33. The van der Waals surface area contributed by atoms with Crippen LogP contribution in [0.25, 0.3) is 5.69 Å². The summed E-state index contributed by atoms with van der Waals surface area (Å²) in [5.74, 6) is 0.888. The zero-order valence-electron chi connectivity index (χ0n) is 15.3. The fourth-order valence-electron chi connectivity index (χ4n) is 3.65. The average molecular weight is 362 g/mol. The molecule has 138 valence electrons. The van der Waals surface area contributed by atoms with E-state index < -0.39 is 0 Å². The highest BCUT2D eigenvalue weighted by Gasteiger charge is 2.28. The van der Waals surface area contributed by atoms with Crippen molar-refractivity contribution in [3.8, 4) is 11.4 Å². The molecule has 0 bridgehead atoms. The minimum atomic E-state index is 0.0606. The van der Waals surface area contributed by atoms with E-state index in [1.54, 1.807) is 24.3 Å². The van der Waals surface area contributed by atoms with Crippen LogP contribution < -0.4 is 4.74 Å². The van der Waals surface area contributed by atoms with Gasteiger partial charge in [0.1, 0.15) is 18.4 Å². The molecule has 27 heavy (non-hydrogen) atoms. The molecule has 0 saturated carbocycles. The smallest absolute Gasteiger partial charge is 0.254 e. The lowest BCUT2D eigenvalue weighted by atomic mass is 9.94. The summed E-state index contributed by atoms with van der Waals surface area (Å²) in [6.45, 7) is 0.770. The second-order valence-corrected chi connectivity index (χ2v) is 6.70. The van der Waals surface area contributed by atoms with E-state index in [1.807, 2.05) is 41.3 Å². The average Bonchev–Trinajstić information content (AvgIpc) is 3.28. The van der Waals surface area contributed by atoms with Crippen molar-refractivity contribution in [1.29, 1.82) is 0 Å². The molecule has 1 saturated heterocycles. The normalized spacial score (nSPS) is 16.9. The Balaban J connectivity index is 1.61. The summed E-state index contributed by atoms with van der Waals surface area (Å²) in [6, 6.07) is 15.7.